The molecule has 0 aliphatic carbocycles. The Morgan fingerprint density at radius 2 is 1.64 bits per heavy atom. The van der Waals surface area contributed by atoms with Gasteiger partial charge < -0.3 is 24.6 Å². The number of carbonyl (C=O) groups is 3. The van der Waals surface area contributed by atoms with Crippen molar-refractivity contribution >= 4 is 35.2 Å². The molecule has 0 spiro atoms. The largest absolute Gasteiger partial charge is 0.447 e. The highest BCUT2D eigenvalue weighted by atomic mass is 16.6. The van der Waals surface area contributed by atoms with E-state index < -0.39 is 29.6 Å². The molecule has 7 rings (SSSR count). The lowest BCUT2D eigenvalue weighted by Crippen LogP contribution is -2.44. The fourth-order valence-corrected chi connectivity index (χ4v) is 6.80. The molecule has 3 aliphatic heterocycles. The molecule has 4 heterocycles. The van der Waals surface area contributed by atoms with Gasteiger partial charge in [-0.25, -0.2) is 9.59 Å². The van der Waals surface area contributed by atoms with Crippen LogP contribution in [0.15, 0.2) is 91.1 Å². The number of fused-ring (bicyclic) bond motifs is 1. The molecule has 3 aromatic carbocycles. The van der Waals surface area contributed by atoms with E-state index in [4.69, 9.17) is 9.47 Å². The molecule has 2 saturated heterocycles. The number of aliphatic hydroxyl groups excluding tert-OH is 1. The minimum absolute atomic E-state index is 0.0929. The van der Waals surface area contributed by atoms with Gasteiger partial charge in [0, 0.05) is 35.6 Å². The van der Waals surface area contributed by atoms with Crippen molar-refractivity contribution in [2.75, 3.05) is 47.6 Å². The van der Waals surface area contributed by atoms with Crippen LogP contribution in [0.2, 0.25) is 0 Å². The van der Waals surface area contributed by atoms with Crippen molar-refractivity contribution in [2.45, 2.75) is 38.0 Å². The number of ether oxygens (including phenoxy) is 2. The van der Waals surface area contributed by atoms with Crippen molar-refractivity contribution in [2.24, 2.45) is 5.92 Å². The molecule has 3 aliphatic rings. The number of anilines is 3. The number of nitrogens with zero attached hydrogens (tertiary/aromatic N) is 6. The Bertz CT molecular complexity index is 1930. The molecule has 0 bridgehead atoms. The Hall–Kier alpha value is -5.53. The van der Waals surface area contributed by atoms with Crippen LogP contribution in [0.3, 0.4) is 0 Å². The summed E-state index contributed by atoms with van der Waals surface area (Å²) in [6.07, 6.45) is 5.19. The number of carbonyl (C=O) groups excluding carboxylic acids is 3. The SMILES string of the molecule is C[C@@H](/C=C/CCn1cc(C(CO)c2ccccc2)nn1)[C@]1(O)C(=O)N(Cc2cccc(N3CCOC3=O)c2)c2ccc(N3CCOC3=O)cc21. The third-order valence-corrected chi connectivity index (χ3v) is 9.56. The third kappa shape index (κ3) is 6.09. The van der Waals surface area contributed by atoms with Crippen LogP contribution in [0.4, 0.5) is 26.7 Å². The molecule has 13 heteroatoms. The molecule has 0 radical (unpaired) electrons. The standard InChI is InChI=1S/C37H38N6O7/c1-25(8-5-6-15-40-23-32(38-39-40)30(24-44)27-10-3-2-4-11-27)37(48)31-21-29(42-17-19-50-36(42)47)13-14-33(31)43(34(37)45)22-26-9-7-12-28(20-26)41-16-18-49-35(41)46/h2-5,7-14,20-21,23,25,30,44,48H,6,15-19,22,24H2,1H3/b8-5+/t25-,30?,37+/m0/s1. The van der Waals surface area contributed by atoms with Crippen molar-refractivity contribution in [3.05, 3.63) is 114 Å². The minimum atomic E-state index is -1.92. The lowest BCUT2D eigenvalue weighted by atomic mass is 9.82. The number of cyclic esters (lactones) is 2. The fraction of sp³-hybridized carbons (Fsp3) is 0.324. The summed E-state index contributed by atoms with van der Waals surface area (Å²) in [5.74, 6) is -1.42. The first-order valence-electron chi connectivity index (χ1n) is 16.7. The second kappa shape index (κ2) is 13.8. The van der Waals surface area contributed by atoms with E-state index in [9.17, 15) is 24.6 Å². The van der Waals surface area contributed by atoms with Crippen molar-refractivity contribution in [3.8, 4) is 0 Å². The highest BCUT2D eigenvalue weighted by Crippen LogP contribution is 2.47. The maximum Gasteiger partial charge on any atom is 0.414 e. The van der Waals surface area contributed by atoms with Crippen molar-refractivity contribution < 1.29 is 34.1 Å². The van der Waals surface area contributed by atoms with Gasteiger partial charge in [0.2, 0.25) is 0 Å². The number of rotatable bonds is 12. The normalized spacial score (nSPS) is 20.1. The predicted octanol–water partition coefficient (Wildman–Crippen LogP) is 4.33. The number of aromatic nitrogens is 3. The molecule has 1 aromatic heterocycles. The topological polar surface area (TPSA) is 151 Å². The van der Waals surface area contributed by atoms with Crippen LogP contribution in [0.1, 0.15) is 41.6 Å². The Morgan fingerprint density at radius 1 is 0.920 bits per heavy atom. The van der Waals surface area contributed by atoms with E-state index >= 15 is 0 Å². The average molecular weight is 679 g/mol. The summed E-state index contributed by atoms with van der Waals surface area (Å²) in [7, 11) is 0. The Morgan fingerprint density at radius 3 is 2.32 bits per heavy atom. The van der Waals surface area contributed by atoms with E-state index in [-0.39, 0.29) is 25.7 Å². The number of allylic oxidation sites excluding steroid dienone is 1. The molecule has 50 heavy (non-hydrogen) atoms. The van der Waals surface area contributed by atoms with E-state index in [1.807, 2.05) is 72.9 Å². The van der Waals surface area contributed by atoms with Gasteiger partial charge in [0.15, 0.2) is 5.60 Å². The molecule has 1 unspecified atom stereocenters. The summed E-state index contributed by atoms with van der Waals surface area (Å²) in [6.45, 7) is 3.72. The lowest BCUT2D eigenvalue weighted by molar-refractivity contribution is -0.139. The summed E-state index contributed by atoms with van der Waals surface area (Å²) < 4.78 is 11.9. The Balaban J connectivity index is 1.11. The molecule has 2 N–H and O–H groups in total. The summed E-state index contributed by atoms with van der Waals surface area (Å²) in [5.41, 5.74) is 2.59. The van der Waals surface area contributed by atoms with Gasteiger partial charge in [-0.2, -0.15) is 0 Å². The molecule has 13 nitrogen and oxygen atoms in total. The first kappa shape index (κ1) is 33.0. The number of aliphatic hydroxyl groups is 2. The third-order valence-electron chi connectivity index (χ3n) is 9.56. The summed E-state index contributed by atoms with van der Waals surface area (Å²) in [5, 5.41) is 30.9. The Kier molecular flexibility index (Phi) is 9.08. The van der Waals surface area contributed by atoms with Crippen molar-refractivity contribution in [1.29, 1.82) is 0 Å². The molecular weight excluding hydrogens is 640 g/mol. The smallest absolute Gasteiger partial charge is 0.414 e. The van der Waals surface area contributed by atoms with Crippen LogP contribution in [0.5, 0.6) is 0 Å². The molecule has 258 valence electrons. The van der Waals surface area contributed by atoms with E-state index in [1.54, 1.807) is 39.6 Å². The molecular formula is C37H38N6O7. The summed E-state index contributed by atoms with van der Waals surface area (Å²) >= 11 is 0. The summed E-state index contributed by atoms with van der Waals surface area (Å²) in [6, 6.07) is 22.2. The molecule has 3 amide bonds. The van der Waals surface area contributed by atoms with Gasteiger partial charge in [0.25, 0.3) is 5.91 Å². The van der Waals surface area contributed by atoms with Gasteiger partial charge in [-0.15, -0.1) is 5.10 Å². The van der Waals surface area contributed by atoms with E-state index in [0.29, 0.717) is 61.0 Å². The Labute approximate surface area is 288 Å². The van der Waals surface area contributed by atoms with Crippen LogP contribution in [0, 0.1) is 5.92 Å². The quantitative estimate of drug-likeness (QED) is 0.209. The van der Waals surface area contributed by atoms with Crippen molar-refractivity contribution in [3.63, 3.8) is 0 Å². The van der Waals surface area contributed by atoms with Crippen molar-refractivity contribution in [1.82, 2.24) is 15.0 Å². The maximum absolute atomic E-state index is 14.3. The zero-order valence-electron chi connectivity index (χ0n) is 27.6. The van der Waals surface area contributed by atoms with Gasteiger partial charge in [-0.1, -0.05) is 66.8 Å². The first-order chi connectivity index (χ1) is 24.3. The number of aryl methyl sites for hydroxylation is 1. The van der Waals surface area contributed by atoms with Crippen LogP contribution < -0.4 is 14.7 Å². The zero-order chi connectivity index (χ0) is 34.8. The fourth-order valence-electron chi connectivity index (χ4n) is 6.80. The monoisotopic (exact) mass is 678 g/mol. The number of amides is 3. The highest BCUT2D eigenvalue weighted by molar-refractivity contribution is 6.08. The molecule has 0 saturated carbocycles. The minimum Gasteiger partial charge on any atom is -0.447 e. The molecule has 3 atom stereocenters. The van der Waals surface area contributed by atoms with Gasteiger partial charge in [0.1, 0.15) is 13.2 Å². The van der Waals surface area contributed by atoms with Crippen LogP contribution >= 0.6 is 0 Å². The second-order valence-corrected chi connectivity index (χ2v) is 12.6. The van der Waals surface area contributed by atoms with E-state index in [1.165, 1.54) is 4.90 Å². The highest BCUT2D eigenvalue weighted by Gasteiger charge is 2.53. The van der Waals surface area contributed by atoms with E-state index in [0.717, 1.165) is 11.1 Å². The lowest BCUT2D eigenvalue weighted by Gasteiger charge is -2.28. The van der Waals surface area contributed by atoms with Crippen LogP contribution in [-0.2, 0) is 33.0 Å². The van der Waals surface area contributed by atoms with Crippen LogP contribution in [-0.4, -0.2) is 76.2 Å². The molecule has 4 aromatic rings. The maximum atomic E-state index is 14.3. The van der Waals surface area contributed by atoms with Gasteiger partial charge in [-0.3, -0.25) is 19.3 Å². The van der Waals surface area contributed by atoms with Gasteiger partial charge >= 0.3 is 12.2 Å². The first-order valence-corrected chi connectivity index (χ1v) is 16.7. The van der Waals surface area contributed by atoms with Gasteiger partial charge in [0.05, 0.1) is 43.5 Å². The second-order valence-electron chi connectivity index (χ2n) is 12.6. The number of benzene rings is 3. The zero-order valence-corrected chi connectivity index (χ0v) is 27.6. The molecule has 2 fully saturated rings. The number of hydrogen-bond donors (Lipinski definition) is 2. The van der Waals surface area contributed by atoms with Crippen LogP contribution in [0.25, 0.3) is 0 Å². The predicted molar refractivity (Wildman–Crippen MR) is 184 cm³/mol. The summed E-state index contributed by atoms with van der Waals surface area (Å²) in [4.78, 5) is 43.5. The van der Waals surface area contributed by atoms with Gasteiger partial charge in [-0.05, 0) is 47.9 Å². The number of hydrogen-bond acceptors (Lipinski definition) is 9. The average Bonchev–Trinajstić information content (AvgIpc) is 3.93. The van der Waals surface area contributed by atoms with E-state index in [2.05, 4.69) is 10.3 Å².